The van der Waals surface area contributed by atoms with Gasteiger partial charge in [-0.3, -0.25) is 14.4 Å². The van der Waals surface area contributed by atoms with Crippen LogP contribution in [0.5, 0.6) is 0 Å². The van der Waals surface area contributed by atoms with E-state index in [-0.39, 0.29) is 35.5 Å². The van der Waals surface area contributed by atoms with Crippen LogP contribution < -0.4 is 21.5 Å². The number of halogens is 1. The van der Waals surface area contributed by atoms with Gasteiger partial charge in [-0.1, -0.05) is 6.07 Å². The molecule has 0 bridgehead atoms. The van der Waals surface area contributed by atoms with Gasteiger partial charge in [-0.15, -0.1) is 12.4 Å². The number of nitrogens with one attached hydrogen (secondary N) is 3. The van der Waals surface area contributed by atoms with Gasteiger partial charge in [0.1, 0.15) is 5.56 Å². The van der Waals surface area contributed by atoms with E-state index in [1.165, 1.54) is 0 Å². The number of benzene rings is 1. The van der Waals surface area contributed by atoms with E-state index in [9.17, 15) is 14.4 Å². The number of amides is 2. The van der Waals surface area contributed by atoms with Gasteiger partial charge < -0.3 is 20.5 Å². The number of piperidine rings is 1. The second-order valence-corrected chi connectivity index (χ2v) is 7.04. The molecule has 1 aromatic carbocycles. The van der Waals surface area contributed by atoms with Gasteiger partial charge in [0.15, 0.2) is 0 Å². The Morgan fingerprint density at radius 3 is 2.68 bits per heavy atom. The Morgan fingerprint density at radius 2 is 1.93 bits per heavy atom. The summed E-state index contributed by atoms with van der Waals surface area (Å²) in [6, 6.07) is 7.13. The second-order valence-electron chi connectivity index (χ2n) is 7.04. The maximum Gasteiger partial charge on any atom is 0.263 e. The molecular formula is C20H23ClN4O3. The van der Waals surface area contributed by atoms with Crippen molar-refractivity contribution < 1.29 is 9.59 Å². The van der Waals surface area contributed by atoms with Crippen molar-refractivity contribution in [2.24, 2.45) is 0 Å². The van der Waals surface area contributed by atoms with Gasteiger partial charge in [0.05, 0.1) is 0 Å². The SMILES string of the molecule is Cc1ccn(C2CCNCC2)c(=O)c1C(=O)Nc1cccc2c1CNC2=O.Cl. The Kier molecular flexibility index (Phi) is 5.86. The van der Waals surface area contributed by atoms with E-state index in [0.29, 0.717) is 23.4 Å². The van der Waals surface area contributed by atoms with Crippen LogP contribution in [0.25, 0.3) is 0 Å². The lowest BCUT2D eigenvalue weighted by atomic mass is 10.0. The third-order valence-electron chi connectivity index (χ3n) is 5.35. The molecule has 1 fully saturated rings. The predicted molar refractivity (Wildman–Crippen MR) is 109 cm³/mol. The average Bonchev–Trinajstić information content (AvgIpc) is 3.05. The fraction of sp³-hybridized carbons (Fsp3) is 0.350. The molecule has 2 aromatic rings. The molecule has 7 nitrogen and oxygen atoms in total. The van der Waals surface area contributed by atoms with Crippen molar-refractivity contribution in [3.8, 4) is 0 Å². The number of carbonyl (C=O) groups excluding carboxylic acids is 2. The average molecular weight is 403 g/mol. The van der Waals surface area contributed by atoms with Crippen LogP contribution in [0.4, 0.5) is 5.69 Å². The second kappa shape index (κ2) is 8.16. The molecule has 148 valence electrons. The fourth-order valence-corrected chi connectivity index (χ4v) is 3.85. The van der Waals surface area contributed by atoms with Crippen LogP contribution >= 0.6 is 12.4 Å². The van der Waals surface area contributed by atoms with E-state index in [0.717, 1.165) is 31.5 Å². The first-order valence-corrected chi connectivity index (χ1v) is 9.20. The van der Waals surface area contributed by atoms with Gasteiger partial charge >= 0.3 is 0 Å². The molecule has 8 heteroatoms. The minimum Gasteiger partial charge on any atom is -0.348 e. The molecule has 0 unspecified atom stereocenters. The highest BCUT2D eigenvalue weighted by Crippen LogP contribution is 2.25. The number of rotatable bonds is 3. The highest BCUT2D eigenvalue weighted by molar-refractivity contribution is 6.07. The molecule has 4 rings (SSSR count). The molecule has 0 atom stereocenters. The van der Waals surface area contributed by atoms with Gasteiger partial charge in [-0.25, -0.2) is 0 Å². The molecule has 3 heterocycles. The van der Waals surface area contributed by atoms with Gasteiger partial charge in [0, 0.05) is 35.6 Å². The zero-order chi connectivity index (χ0) is 19.0. The lowest BCUT2D eigenvalue weighted by molar-refractivity contribution is 0.0964. The molecule has 1 saturated heterocycles. The van der Waals surface area contributed by atoms with Crippen LogP contribution in [-0.2, 0) is 6.54 Å². The molecule has 3 N–H and O–H groups in total. The number of nitrogens with zero attached hydrogens (tertiary/aromatic N) is 1. The monoisotopic (exact) mass is 402 g/mol. The Balaban J connectivity index is 0.00000225. The third-order valence-corrected chi connectivity index (χ3v) is 5.35. The number of aryl methyl sites for hydroxylation is 1. The lowest BCUT2D eigenvalue weighted by Crippen LogP contribution is -2.37. The van der Waals surface area contributed by atoms with Crippen LogP contribution in [0.3, 0.4) is 0 Å². The highest BCUT2D eigenvalue weighted by atomic mass is 35.5. The summed E-state index contributed by atoms with van der Waals surface area (Å²) in [6.07, 6.45) is 3.52. The van der Waals surface area contributed by atoms with Gasteiger partial charge in [0.25, 0.3) is 17.4 Å². The Labute approximate surface area is 168 Å². The largest absolute Gasteiger partial charge is 0.348 e. The van der Waals surface area contributed by atoms with Gasteiger partial charge in [-0.05, 0) is 56.6 Å². The number of hydrogen-bond acceptors (Lipinski definition) is 4. The molecular weight excluding hydrogens is 380 g/mol. The van der Waals surface area contributed by atoms with Crippen LogP contribution in [-0.4, -0.2) is 29.5 Å². The summed E-state index contributed by atoms with van der Waals surface area (Å²) in [5.74, 6) is -0.584. The molecule has 1 aromatic heterocycles. The standard InChI is InChI=1S/C20H22N4O3.ClH/c1-12-7-10-24(13-5-8-21-9-6-13)20(27)17(12)19(26)23-16-4-2-3-14-15(16)11-22-18(14)25;/h2-4,7,10,13,21H,5-6,8-9,11H2,1H3,(H,22,25)(H,23,26);1H. The summed E-state index contributed by atoms with van der Waals surface area (Å²) < 4.78 is 1.68. The van der Waals surface area contributed by atoms with E-state index >= 15 is 0 Å². The Hall–Kier alpha value is -2.64. The van der Waals surface area contributed by atoms with E-state index in [1.54, 1.807) is 35.9 Å². The van der Waals surface area contributed by atoms with Crippen molar-refractivity contribution in [1.82, 2.24) is 15.2 Å². The van der Waals surface area contributed by atoms with Crippen LogP contribution in [0, 0.1) is 6.92 Å². The van der Waals surface area contributed by atoms with E-state index in [1.807, 2.05) is 6.07 Å². The summed E-state index contributed by atoms with van der Waals surface area (Å²) >= 11 is 0. The number of carbonyl (C=O) groups is 2. The molecule has 0 saturated carbocycles. The minimum absolute atomic E-state index is 0. The first-order chi connectivity index (χ1) is 13.1. The predicted octanol–water partition coefficient (Wildman–Crippen LogP) is 2.00. The third kappa shape index (κ3) is 3.55. The lowest BCUT2D eigenvalue weighted by Gasteiger charge is -2.25. The minimum atomic E-state index is -0.437. The smallest absolute Gasteiger partial charge is 0.263 e. The maximum absolute atomic E-state index is 13.0. The topological polar surface area (TPSA) is 92.2 Å². The molecule has 0 spiro atoms. The molecule has 2 aliphatic heterocycles. The number of aromatic nitrogens is 1. The van der Waals surface area contributed by atoms with Crippen molar-refractivity contribution in [2.75, 3.05) is 18.4 Å². The number of fused-ring (bicyclic) bond motifs is 1. The summed E-state index contributed by atoms with van der Waals surface area (Å²) in [6.45, 7) is 3.87. The van der Waals surface area contributed by atoms with Crippen molar-refractivity contribution in [3.05, 3.63) is 63.1 Å². The maximum atomic E-state index is 13.0. The highest BCUT2D eigenvalue weighted by Gasteiger charge is 2.25. The Morgan fingerprint density at radius 1 is 1.18 bits per heavy atom. The van der Waals surface area contributed by atoms with Gasteiger partial charge in [-0.2, -0.15) is 0 Å². The molecule has 2 aliphatic rings. The van der Waals surface area contributed by atoms with E-state index < -0.39 is 5.91 Å². The number of hydrogen-bond donors (Lipinski definition) is 3. The summed E-state index contributed by atoms with van der Waals surface area (Å²) in [4.78, 5) is 37.8. The molecule has 0 radical (unpaired) electrons. The van der Waals surface area contributed by atoms with Gasteiger partial charge in [0.2, 0.25) is 0 Å². The molecule has 0 aliphatic carbocycles. The first kappa shape index (κ1) is 20.1. The van der Waals surface area contributed by atoms with Crippen LogP contribution in [0.1, 0.15) is 50.7 Å². The number of pyridine rings is 1. The number of anilines is 1. The molecule has 28 heavy (non-hydrogen) atoms. The van der Waals surface area contributed by atoms with Crippen molar-refractivity contribution in [1.29, 1.82) is 0 Å². The summed E-state index contributed by atoms with van der Waals surface area (Å²) in [5, 5.41) is 8.87. The first-order valence-electron chi connectivity index (χ1n) is 9.20. The zero-order valence-electron chi connectivity index (χ0n) is 15.6. The quantitative estimate of drug-likeness (QED) is 0.732. The molecule has 2 amide bonds. The van der Waals surface area contributed by atoms with Crippen molar-refractivity contribution >= 4 is 29.9 Å². The van der Waals surface area contributed by atoms with Crippen LogP contribution in [0.15, 0.2) is 35.3 Å². The Bertz CT molecular complexity index is 980. The fourth-order valence-electron chi connectivity index (χ4n) is 3.85. The summed E-state index contributed by atoms with van der Waals surface area (Å²) in [7, 11) is 0. The van der Waals surface area contributed by atoms with Crippen molar-refractivity contribution in [2.45, 2.75) is 32.4 Å². The van der Waals surface area contributed by atoms with Crippen LogP contribution in [0.2, 0.25) is 0 Å². The van der Waals surface area contributed by atoms with E-state index in [2.05, 4.69) is 16.0 Å². The zero-order valence-corrected chi connectivity index (χ0v) is 16.4. The van der Waals surface area contributed by atoms with E-state index in [4.69, 9.17) is 0 Å². The summed E-state index contributed by atoms with van der Waals surface area (Å²) in [5.41, 5.74) is 2.41. The van der Waals surface area contributed by atoms with Crippen molar-refractivity contribution in [3.63, 3.8) is 0 Å². The normalized spacial score (nSPS) is 16.1.